The molecule has 2 N–H and O–H groups in total. The Kier molecular flexibility index (Phi) is 3.69. The molecule has 0 aromatic heterocycles. The van der Waals surface area contributed by atoms with Crippen molar-refractivity contribution in [2.24, 2.45) is 5.41 Å². The monoisotopic (exact) mass is 267 g/mol. The molecule has 2 rings (SSSR count). The van der Waals surface area contributed by atoms with Gasteiger partial charge in [0.1, 0.15) is 11.6 Å². The van der Waals surface area contributed by atoms with Gasteiger partial charge in [0.15, 0.2) is 6.61 Å². The van der Waals surface area contributed by atoms with Gasteiger partial charge in [-0.3, -0.25) is 9.59 Å². The van der Waals surface area contributed by atoms with E-state index in [4.69, 9.17) is 9.84 Å². The van der Waals surface area contributed by atoms with E-state index >= 15 is 0 Å². The molecule has 102 valence electrons. The van der Waals surface area contributed by atoms with Crippen molar-refractivity contribution >= 4 is 11.9 Å². The van der Waals surface area contributed by atoms with Crippen LogP contribution in [0.1, 0.15) is 12.8 Å². The molecule has 19 heavy (non-hydrogen) atoms. The van der Waals surface area contributed by atoms with Crippen molar-refractivity contribution in [1.29, 1.82) is 0 Å². The zero-order valence-electron chi connectivity index (χ0n) is 10.2. The van der Waals surface area contributed by atoms with Crippen LogP contribution in [-0.2, 0) is 9.59 Å². The van der Waals surface area contributed by atoms with Crippen LogP contribution in [0.4, 0.5) is 4.39 Å². The number of hydrogen-bond donors (Lipinski definition) is 2. The van der Waals surface area contributed by atoms with Crippen LogP contribution in [0.15, 0.2) is 24.3 Å². The number of carboxylic acids is 1. The highest BCUT2D eigenvalue weighted by Crippen LogP contribution is 2.45. The second-order valence-electron chi connectivity index (χ2n) is 4.61. The van der Waals surface area contributed by atoms with E-state index in [1.54, 1.807) is 0 Å². The lowest BCUT2D eigenvalue weighted by molar-refractivity contribution is -0.143. The van der Waals surface area contributed by atoms with Gasteiger partial charge in [-0.2, -0.15) is 0 Å². The van der Waals surface area contributed by atoms with Crippen molar-refractivity contribution in [3.05, 3.63) is 30.1 Å². The summed E-state index contributed by atoms with van der Waals surface area (Å²) in [5.41, 5.74) is -0.797. The number of benzene rings is 1. The van der Waals surface area contributed by atoms with Gasteiger partial charge in [-0.1, -0.05) is 6.07 Å². The van der Waals surface area contributed by atoms with Gasteiger partial charge in [0.05, 0.1) is 5.41 Å². The number of carbonyl (C=O) groups excluding carboxylic acids is 1. The third-order valence-corrected chi connectivity index (χ3v) is 3.10. The van der Waals surface area contributed by atoms with Crippen LogP contribution in [-0.4, -0.2) is 30.1 Å². The van der Waals surface area contributed by atoms with E-state index in [-0.39, 0.29) is 18.9 Å². The minimum absolute atomic E-state index is 0.105. The maximum atomic E-state index is 12.8. The fourth-order valence-electron chi connectivity index (χ4n) is 1.64. The summed E-state index contributed by atoms with van der Waals surface area (Å²) in [5, 5.41) is 11.4. The number of carbonyl (C=O) groups is 2. The van der Waals surface area contributed by atoms with Crippen LogP contribution < -0.4 is 10.1 Å². The number of aliphatic carboxylic acids is 1. The molecule has 0 aliphatic heterocycles. The molecule has 6 heteroatoms. The topological polar surface area (TPSA) is 75.6 Å². The van der Waals surface area contributed by atoms with E-state index in [0.29, 0.717) is 12.8 Å². The molecule has 1 aliphatic carbocycles. The van der Waals surface area contributed by atoms with Gasteiger partial charge in [0.2, 0.25) is 0 Å². The summed E-state index contributed by atoms with van der Waals surface area (Å²) in [6, 6.07) is 5.46. The highest BCUT2D eigenvalue weighted by molar-refractivity contribution is 5.81. The van der Waals surface area contributed by atoms with E-state index in [2.05, 4.69) is 5.32 Å². The van der Waals surface area contributed by atoms with Gasteiger partial charge in [-0.15, -0.1) is 0 Å². The number of rotatable bonds is 6. The van der Waals surface area contributed by atoms with Gasteiger partial charge in [0, 0.05) is 12.6 Å². The third-order valence-electron chi connectivity index (χ3n) is 3.10. The van der Waals surface area contributed by atoms with E-state index in [1.165, 1.54) is 24.3 Å². The van der Waals surface area contributed by atoms with Gasteiger partial charge < -0.3 is 15.2 Å². The average molecular weight is 267 g/mol. The molecule has 0 saturated heterocycles. The van der Waals surface area contributed by atoms with Crippen LogP contribution >= 0.6 is 0 Å². The second-order valence-corrected chi connectivity index (χ2v) is 4.61. The molecule has 1 aliphatic rings. The molecule has 0 radical (unpaired) electrons. The first-order valence-electron chi connectivity index (χ1n) is 5.90. The Balaban J connectivity index is 1.75. The molecule has 0 atom stereocenters. The van der Waals surface area contributed by atoms with Crippen molar-refractivity contribution < 1.29 is 23.8 Å². The lowest BCUT2D eigenvalue weighted by Gasteiger charge is -2.11. The fraction of sp³-hybridized carbons (Fsp3) is 0.385. The molecule has 1 fully saturated rings. The molecule has 0 unspecified atom stereocenters. The summed E-state index contributed by atoms with van der Waals surface area (Å²) in [7, 11) is 0. The van der Waals surface area contributed by atoms with Crippen LogP contribution in [0, 0.1) is 11.2 Å². The van der Waals surface area contributed by atoms with Crippen LogP contribution in [0.25, 0.3) is 0 Å². The SMILES string of the molecule is O=C(COc1cccc(F)c1)NCC1(C(=O)O)CC1. The zero-order chi connectivity index (χ0) is 13.9. The number of carboxylic acid groups (broad SMARTS) is 1. The van der Waals surface area contributed by atoms with Crippen LogP contribution in [0.2, 0.25) is 0 Å². The van der Waals surface area contributed by atoms with Gasteiger partial charge in [-0.25, -0.2) is 4.39 Å². The molecule has 1 aromatic carbocycles. The Hall–Kier alpha value is -2.11. The van der Waals surface area contributed by atoms with Crippen molar-refractivity contribution in [3.63, 3.8) is 0 Å². The molecule has 0 bridgehead atoms. The Bertz CT molecular complexity index is 499. The first kappa shape index (κ1) is 13.3. The van der Waals surface area contributed by atoms with Gasteiger partial charge in [0.25, 0.3) is 5.91 Å². The summed E-state index contributed by atoms with van der Waals surface area (Å²) in [6.45, 7) is -0.160. The van der Waals surface area contributed by atoms with Crippen LogP contribution in [0.5, 0.6) is 5.75 Å². The number of hydrogen-bond acceptors (Lipinski definition) is 3. The molecule has 5 nitrogen and oxygen atoms in total. The van der Waals surface area contributed by atoms with Gasteiger partial charge in [-0.05, 0) is 25.0 Å². The third kappa shape index (κ3) is 3.43. The van der Waals surface area contributed by atoms with Gasteiger partial charge >= 0.3 is 5.97 Å². The average Bonchev–Trinajstić information content (AvgIpc) is 3.15. The molecule has 1 saturated carbocycles. The summed E-state index contributed by atoms with van der Waals surface area (Å²) in [5.74, 6) is -1.49. The summed E-state index contributed by atoms with van der Waals surface area (Å²) in [4.78, 5) is 22.4. The van der Waals surface area contributed by atoms with Crippen molar-refractivity contribution in [2.45, 2.75) is 12.8 Å². The summed E-state index contributed by atoms with van der Waals surface area (Å²) >= 11 is 0. The zero-order valence-corrected chi connectivity index (χ0v) is 10.2. The quantitative estimate of drug-likeness (QED) is 0.811. The van der Waals surface area contributed by atoms with E-state index in [9.17, 15) is 14.0 Å². The first-order chi connectivity index (χ1) is 9.02. The number of nitrogens with one attached hydrogen (secondary N) is 1. The van der Waals surface area contributed by atoms with Crippen molar-refractivity contribution in [3.8, 4) is 5.75 Å². The summed E-state index contributed by atoms with van der Waals surface area (Å²) < 4.78 is 17.9. The molecule has 1 amide bonds. The Morgan fingerprint density at radius 2 is 2.16 bits per heavy atom. The largest absolute Gasteiger partial charge is 0.484 e. The lowest BCUT2D eigenvalue weighted by Crippen LogP contribution is -2.36. The standard InChI is InChI=1S/C13H14FNO4/c14-9-2-1-3-10(6-9)19-7-11(16)15-8-13(4-5-13)12(17)18/h1-3,6H,4-5,7-8H2,(H,15,16)(H,17,18). The molecule has 0 heterocycles. The predicted molar refractivity (Wildman–Crippen MR) is 64.2 cm³/mol. The maximum absolute atomic E-state index is 12.8. The molecule has 0 spiro atoms. The number of amides is 1. The molecule has 1 aromatic rings. The van der Waals surface area contributed by atoms with Crippen molar-refractivity contribution in [1.82, 2.24) is 5.32 Å². The van der Waals surface area contributed by atoms with E-state index in [0.717, 1.165) is 0 Å². The second kappa shape index (κ2) is 5.26. The predicted octanol–water partition coefficient (Wildman–Crippen LogP) is 1.19. The Morgan fingerprint density at radius 3 is 2.74 bits per heavy atom. The lowest BCUT2D eigenvalue weighted by atomic mass is 10.1. The number of ether oxygens (including phenoxy) is 1. The van der Waals surface area contributed by atoms with Crippen molar-refractivity contribution in [2.75, 3.05) is 13.2 Å². The molecular formula is C13H14FNO4. The molecular weight excluding hydrogens is 253 g/mol. The first-order valence-corrected chi connectivity index (χ1v) is 5.90. The smallest absolute Gasteiger partial charge is 0.311 e. The Morgan fingerprint density at radius 1 is 1.42 bits per heavy atom. The van der Waals surface area contributed by atoms with E-state index in [1.807, 2.05) is 0 Å². The maximum Gasteiger partial charge on any atom is 0.311 e. The van der Waals surface area contributed by atoms with Crippen LogP contribution in [0.3, 0.4) is 0 Å². The fourth-order valence-corrected chi connectivity index (χ4v) is 1.64. The Labute approximate surface area is 109 Å². The summed E-state index contributed by atoms with van der Waals surface area (Å²) in [6.07, 6.45) is 1.15. The van der Waals surface area contributed by atoms with E-state index < -0.39 is 23.1 Å². The number of halogens is 1. The highest BCUT2D eigenvalue weighted by Gasteiger charge is 2.50. The normalized spacial score (nSPS) is 15.6. The highest BCUT2D eigenvalue weighted by atomic mass is 19.1. The minimum atomic E-state index is -0.890. The minimum Gasteiger partial charge on any atom is -0.484 e.